The normalized spacial score (nSPS) is 10.3. The molecule has 0 fully saturated rings. The van der Waals surface area contributed by atoms with Crippen LogP contribution in [0, 0.1) is 0 Å². The minimum atomic E-state index is -1.07. The summed E-state index contributed by atoms with van der Waals surface area (Å²) in [6.07, 6.45) is 10.8. The summed E-state index contributed by atoms with van der Waals surface area (Å²) in [6, 6.07) is 0. The maximum Gasteiger partial charge on any atom is 0.509 e. The van der Waals surface area contributed by atoms with E-state index in [0.29, 0.717) is 25.9 Å². The summed E-state index contributed by atoms with van der Waals surface area (Å²) in [7, 11) is 0. The fraction of sp³-hybridized carbons (Fsp3) is 0.471. The first-order chi connectivity index (χ1) is 13.6. The Morgan fingerprint density at radius 3 is 1.64 bits per heavy atom. The lowest BCUT2D eigenvalue weighted by atomic mass is 10.4. The molecule has 152 valence electrons. The molecule has 2 rings (SSSR count). The van der Waals surface area contributed by atoms with Crippen molar-refractivity contribution in [2.24, 2.45) is 0 Å². The Hall–Kier alpha value is -3.37. The highest BCUT2D eigenvalue weighted by molar-refractivity contribution is 5.81. The summed E-state index contributed by atoms with van der Waals surface area (Å²) in [5.41, 5.74) is 0. The summed E-state index contributed by atoms with van der Waals surface area (Å²) >= 11 is 0. The van der Waals surface area contributed by atoms with Crippen molar-refractivity contribution in [1.29, 1.82) is 0 Å². The maximum absolute atomic E-state index is 11.6. The first-order valence-electron chi connectivity index (χ1n) is 8.88. The molecule has 0 saturated heterocycles. The Morgan fingerprint density at radius 1 is 0.786 bits per heavy atom. The van der Waals surface area contributed by atoms with Crippen LogP contribution in [-0.2, 0) is 32.2 Å². The molecule has 2 heterocycles. The zero-order valence-corrected chi connectivity index (χ0v) is 15.5. The van der Waals surface area contributed by atoms with Gasteiger partial charge >= 0.3 is 6.16 Å². The van der Waals surface area contributed by atoms with Gasteiger partial charge < -0.3 is 29.2 Å². The third-order valence-corrected chi connectivity index (χ3v) is 3.59. The molecule has 0 atom stereocenters. The molecule has 0 bridgehead atoms. The second-order valence-corrected chi connectivity index (χ2v) is 5.84. The first-order valence-corrected chi connectivity index (χ1v) is 8.88. The summed E-state index contributed by atoms with van der Waals surface area (Å²) < 4.78 is 13.1. The second kappa shape index (κ2) is 12.1. The van der Waals surface area contributed by atoms with E-state index in [-0.39, 0.29) is 0 Å². The van der Waals surface area contributed by atoms with Crippen molar-refractivity contribution in [2.45, 2.75) is 25.9 Å². The van der Waals surface area contributed by atoms with E-state index in [1.165, 1.54) is 0 Å². The molecule has 0 aliphatic heterocycles. The van der Waals surface area contributed by atoms with Crippen LogP contribution in [0.1, 0.15) is 12.8 Å². The standard InChI is InChI=1S/C17H24N6O5/c24-15(20-3-1-7-22-9-5-18-13-22)11-27-17(26)28-12-16(25)21-4-2-8-23-10-6-19-14-23/h5-6,9-10,13-14H,1-4,7-8,11-12H2,(H,20,24)(H,21,25). The molecule has 11 nitrogen and oxygen atoms in total. The molecule has 2 aromatic heterocycles. The number of ether oxygens (including phenoxy) is 2. The van der Waals surface area contributed by atoms with Crippen molar-refractivity contribution in [1.82, 2.24) is 29.7 Å². The van der Waals surface area contributed by atoms with Crippen LogP contribution >= 0.6 is 0 Å². The molecular formula is C17H24N6O5. The lowest BCUT2D eigenvalue weighted by Crippen LogP contribution is -2.32. The van der Waals surface area contributed by atoms with E-state index >= 15 is 0 Å². The maximum atomic E-state index is 11.6. The van der Waals surface area contributed by atoms with Gasteiger partial charge in [-0.05, 0) is 12.8 Å². The van der Waals surface area contributed by atoms with Gasteiger partial charge in [0.15, 0.2) is 13.2 Å². The lowest BCUT2D eigenvalue weighted by Gasteiger charge is -2.08. The van der Waals surface area contributed by atoms with Crippen molar-refractivity contribution in [3.8, 4) is 0 Å². The number of rotatable bonds is 12. The highest BCUT2D eigenvalue weighted by Gasteiger charge is 2.10. The zero-order valence-electron chi connectivity index (χ0n) is 15.5. The molecule has 0 aliphatic carbocycles. The highest BCUT2D eigenvalue weighted by atomic mass is 16.7. The summed E-state index contributed by atoms with van der Waals surface area (Å²) in [4.78, 5) is 42.4. The molecule has 0 aromatic carbocycles. The predicted molar refractivity (Wildman–Crippen MR) is 97.0 cm³/mol. The molecule has 0 spiro atoms. The fourth-order valence-corrected chi connectivity index (χ4v) is 2.21. The Balaban J connectivity index is 1.43. The molecule has 2 amide bonds. The predicted octanol–water partition coefficient (Wildman–Crippen LogP) is -0.0544. The van der Waals surface area contributed by atoms with E-state index in [9.17, 15) is 14.4 Å². The Morgan fingerprint density at radius 2 is 1.25 bits per heavy atom. The van der Waals surface area contributed by atoms with Crippen LogP contribution < -0.4 is 10.6 Å². The van der Waals surface area contributed by atoms with Gasteiger partial charge in [-0.25, -0.2) is 14.8 Å². The minimum absolute atomic E-state index is 0.438. The quantitative estimate of drug-likeness (QED) is 0.382. The molecular weight excluding hydrogens is 368 g/mol. The average Bonchev–Trinajstić information content (AvgIpc) is 3.39. The van der Waals surface area contributed by atoms with Gasteiger partial charge in [-0.1, -0.05) is 0 Å². The van der Waals surface area contributed by atoms with Gasteiger partial charge in [0.2, 0.25) is 0 Å². The number of nitrogens with one attached hydrogen (secondary N) is 2. The van der Waals surface area contributed by atoms with Crippen molar-refractivity contribution in [3.63, 3.8) is 0 Å². The van der Waals surface area contributed by atoms with Crippen LogP contribution in [0.25, 0.3) is 0 Å². The van der Waals surface area contributed by atoms with Gasteiger partial charge in [0.05, 0.1) is 12.7 Å². The molecule has 0 aliphatic rings. The van der Waals surface area contributed by atoms with Gasteiger partial charge in [-0.2, -0.15) is 0 Å². The summed E-state index contributed by atoms with van der Waals surface area (Å²) in [6.45, 7) is 1.40. The number of carbonyl (C=O) groups excluding carboxylic acids is 3. The number of hydrogen-bond acceptors (Lipinski definition) is 7. The molecule has 0 radical (unpaired) electrons. The third-order valence-electron chi connectivity index (χ3n) is 3.59. The van der Waals surface area contributed by atoms with Gasteiger partial charge in [0, 0.05) is 51.0 Å². The monoisotopic (exact) mass is 392 g/mol. The van der Waals surface area contributed by atoms with Gasteiger partial charge in [-0.15, -0.1) is 0 Å². The van der Waals surface area contributed by atoms with Crippen molar-refractivity contribution >= 4 is 18.0 Å². The molecule has 0 unspecified atom stereocenters. The van der Waals surface area contributed by atoms with E-state index in [4.69, 9.17) is 0 Å². The van der Waals surface area contributed by atoms with Gasteiger partial charge in [-0.3, -0.25) is 9.59 Å². The number of imidazole rings is 2. The zero-order chi connectivity index (χ0) is 20.0. The van der Waals surface area contributed by atoms with E-state index in [1.807, 2.05) is 21.5 Å². The third kappa shape index (κ3) is 8.83. The van der Waals surface area contributed by atoms with Crippen LogP contribution in [0.5, 0.6) is 0 Å². The Labute approximate surface area is 162 Å². The average molecular weight is 392 g/mol. The van der Waals surface area contributed by atoms with E-state index in [0.717, 1.165) is 13.1 Å². The number of nitrogens with zero attached hydrogens (tertiary/aromatic N) is 4. The van der Waals surface area contributed by atoms with Crippen molar-refractivity contribution < 1.29 is 23.9 Å². The number of hydrogen-bond donors (Lipinski definition) is 2. The van der Waals surface area contributed by atoms with Crippen LogP contribution in [-0.4, -0.2) is 63.4 Å². The smallest absolute Gasteiger partial charge is 0.424 e. The number of aryl methyl sites for hydroxylation is 2. The van der Waals surface area contributed by atoms with Crippen molar-refractivity contribution in [2.75, 3.05) is 26.3 Å². The highest BCUT2D eigenvalue weighted by Crippen LogP contribution is 1.91. The largest absolute Gasteiger partial charge is 0.509 e. The van der Waals surface area contributed by atoms with E-state index in [1.54, 1.807) is 25.0 Å². The van der Waals surface area contributed by atoms with Gasteiger partial charge in [0.25, 0.3) is 11.8 Å². The molecule has 2 aromatic rings. The Bertz CT molecular complexity index is 656. The van der Waals surface area contributed by atoms with Crippen LogP contribution in [0.15, 0.2) is 37.4 Å². The van der Waals surface area contributed by atoms with E-state index in [2.05, 4.69) is 30.1 Å². The molecule has 28 heavy (non-hydrogen) atoms. The van der Waals surface area contributed by atoms with Crippen LogP contribution in [0.4, 0.5) is 4.79 Å². The lowest BCUT2D eigenvalue weighted by molar-refractivity contribution is -0.126. The summed E-state index contributed by atoms with van der Waals surface area (Å²) in [5, 5.41) is 5.24. The SMILES string of the molecule is O=C(COC(=O)OCC(=O)NCCCn1ccnc1)NCCCn1ccnc1. The van der Waals surface area contributed by atoms with Crippen molar-refractivity contribution in [3.05, 3.63) is 37.4 Å². The summed E-state index contributed by atoms with van der Waals surface area (Å²) in [5.74, 6) is -0.877. The molecule has 11 heteroatoms. The number of carbonyl (C=O) groups is 3. The van der Waals surface area contributed by atoms with E-state index < -0.39 is 31.2 Å². The fourth-order valence-electron chi connectivity index (χ4n) is 2.21. The second-order valence-electron chi connectivity index (χ2n) is 5.84. The molecule has 2 N–H and O–H groups in total. The first kappa shape index (κ1) is 20.9. The van der Waals surface area contributed by atoms with Crippen LogP contribution in [0.2, 0.25) is 0 Å². The minimum Gasteiger partial charge on any atom is -0.424 e. The topological polar surface area (TPSA) is 129 Å². The van der Waals surface area contributed by atoms with Crippen LogP contribution in [0.3, 0.4) is 0 Å². The number of aromatic nitrogens is 4. The Kier molecular flexibility index (Phi) is 9.04. The van der Waals surface area contributed by atoms with Gasteiger partial charge in [0.1, 0.15) is 0 Å². The number of amides is 2. The molecule has 0 saturated carbocycles.